The quantitative estimate of drug-likeness (QED) is 0.0178. The number of amides is 11. The summed E-state index contributed by atoms with van der Waals surface area (Å²) in [6.07, 6.45) is 1.97. The molecular weight excluding hydrogens is 1340 g/mol. The molecule has 94 heavy (non-hydrogen) atoms. The van der Waals surface area contributed by atoms with Crippen molar-refractivity contribution in [3.63, 3.8) is 0 Å². The van der Waals surface area contributed by atoms with Gasteiger partial charge in [-0.05, 0) is 101 Å². The largest absolute Gasteiger partial charge is 0.384 e. The molecule has 2 saturated heterocycles. The number of nitrogens with two attached hydrogens (primary N) is 2. The fraction of sp³-hybridized carbons (Fsp3) is 0.691. The van der Waals surface area contributed by atoms with Crippen LogP contribution in [0.15, 0.2) is 30.3 Å². The first-order valence-corrected chi connectivity index (χ1v) is 38.4. The summed E-state index contributed by atoms with van der Waals surface area (Å²) in [6, 6.07) is 1.73. The van der Waals surface area contributed by atoms with Gasteiger partial charge in [0, 0.05) is 69.9 Å². The van der Waals surface area contributed by atoms with Crippen molar-refractivity contribution in [2.75, 3.05) is 70.4 Å². The topological polar surface area (TPSA) is 547 Å². The third-order valence-electron chi connectivity index (χ3n) is 15.4. The normalized spacial score (nSPS) is 17.2. The van der Waals surface area contributed by atoms with Crippen LogP contribution < -0.4 is 59.3 Å². The smallest absolute Gasteiger partial charge is 0.368 e. The van der Waals surface area contributed by atoms with Gasteiger partial charge in [0.1, 0.15) is 30.2 Å². The van der Waals surface area contributed by atoms with Crippen molar-refractivity contribution >= 4 is 110 Å². The van der Waals surface area contributed by atoms with E-state index in [-0.39, 0.29) is 82.8 Å². The van der Waals surface area contributed by atoms with E-state index >= 15 is 0 Å². The van der Waals surface area contributed by atoms with E-state index in [1.54, 1.807) is 44.2 Å². The molecule has 532 valence electrons. The molecule has 2 aliphatic rings. The minimum Gasteiger partial charge on any atom is -0.368 e. The lowest BCUT2D eigenvalue weighted by Gasteiger charge is -2.29. The van der Waals surface area contributed by atoms with Crippen molar-refractivity contribution in [2.24, 2.45) is 17.4 Å². The fourth-order valence-electron chi connectivity index (χ4n) is 9.81. The number of nitrogens with zero attached hydrogens (tertiary/aromatic N) is 2. The van der Waals surface area contributed by atoms with E-state index in [2.05, 4.69) is 47.9 Å². The van der Waals surface area contributed by atoms with Gasteiger partial charge in [-0.25, -0.2) is 4.57 Å². The molecule has 1 aromatic rings. The van der Waals surface area contributed by atoms with E-state index in [1.165, 1.54) is 11.8 Å². The number of imide groups is 1. The van der Waals surface area contributed by atoms with Gasteiger partial charge in [-0.1, -0.05) is 57.0 Å². The van der Waals surface area contributed by atoms with E-state index in [4.69, 9.17) is 21.3 Å². The predicted molar refractivity (Wildman–Crippen MR) is 347 cm³/mol. The molecule has 2 aliphatic heterocycles. The molecule has 0 aliphatic carbocycles. The summed E-state index contributed by atoms with van der Waals surface area (Å²) in [4.78, 5) is 204. The minimum atomic E-state index is -5.63. The third kappa shape index (κ3) is 28.7. The molecule has 8 atom stereocenters. The maximum Gasteiger partial charge on any atom is 0.384 e. The molecule has 11 amide bonds. The number of hydrogen-bond acceptors (Lipinski definition) is 20. The highest BCUT2D eigenvalue weighted by Crippen LogP contribution is 2.69. The summed E-state index contributed by atoms with van der Waals surface area (Å²) in [5, 5.41) is 29.3. The lowest BCUT2D eigenvalue weighted by atomic mass is 9.98. The van der Waals surface area contributed by atoms with Crippen molar-refractivity contribution in [2.45, 2.75) is 164 Å². The molecule has 2 heterocycles. The third-order valence-corrected chi connectivity index (χ3v) is 22.8. The molecular formula is C55H94N13O21P3S2. The SMILES string of the molecule is CC[C@H](C)[C@H](NC(=O)CNC(=O)[C@H](CCCCN)NC(=O)[C@H](Cc1ccccc1)NC(=O)CNC(=O)[C@@H]1CCCN1C(=O)[C@@H](N)CSC1CC(=O)N(CCCCCC(=O)NCCCC(O)(P(=O)(O)O)P(=O)(O)O)C1=O)C(=O)N[C@@H](C)C(=O)NCCCNCCSP(=O)(O)O. The zero-order chi connectivity index (χ0) is 70.4. The van der Waals surface area contributed by atoms with Gasteiger partial charge in [-0.2, -0.15) is 0 Å². The standard InChI is InChI=1S/C55H94N13O21P3S2/c1-4-35(2)47(52(77)63-36(3)48(73)60-25-15-23-58-26-29-94-92(87,88)89)66-45(71)33-61-49(74)39(18-10-11-22-56)65-50(75)40(30-37-16-7-5-8-17-37)64-44(70)32-62-51(76)41-19-13-28-67(41)53(78)38(57)34-93-42-31-46(72)68(54(42)79)27-12-6-9-20-43(69)59-24-14-21-55(80,90(81,82)83)91(84,85)86/h5,7-8,16-17,35-36,38-42,47,58,80H,4,6,9-15,18-34,56-57H2,1-3H3,(H,59,69)(H,60,73)(H,61,74)(H,62,76)(H,63,77)(H,64,70)(H,65,75)(H,66,71)(H2,81,82,83)(H2,84,85,86)(H2,87,88,89)/t35-,36-,38-,39-,40-,41-,42?,47-/m0/s1. The van der Waals surface area contributed by atoms with Gasteiger partial charge in [0.15, 0.2) is 0 Å². The van der Waals surface area contributed by atoms with Crippen LogP contribution in [0.25, 0.3) is 0 Å². The zero-order valence-electron chi connectivity index (χ0n) is 52.9. The maximum atomic E-state index is 14.1. The highest BCUT2D eigenvalue weighted by atomic mass is 32.7. The van der Waals surface area contributed by atoms with Gasteiger partial charge in [-0.15, -0.1) is 11.8 Å². The average Bonchev–Trinajstić information content (AvgIpc) is 1.40. The summed E-state index contributed by atoms with van der Waals surface area (Å²) in [5.41, 5.74) is 12.7. The summed E-state index contributed by atoms with van der Waals surface area (Å²) in [7, 11) is -11.3. The molecule has 2 fully saturated rings. The van der Waals surface area contributed by atoms with Gasteiger partial charge in [0.05, 0.1) is 24.4 Å². The number of unbranched alkanes of at least 4 members (excludes halogenated alkanes) is 3. The Labute approximate surface area is 553 Å². The summed E-state index contributed by atoms with van der Waals surface area (Å²) in [5.74, 6) is -7.26. The predicted octanol–water partition coefficient (Wildman–Crippen LogP) is -2.85. The number of benzene rings is 1. The first-order chi connectivity index (χ1) is 44.1. The number of thioether (sulfide) groups is 1. The summed E-state index contributed by atoms with van der Waals surface area (Å²) >= 11 is 1.53. The lowest BCUT2D eigenvalue weighted by Crippen LogP contribution is -2.58. The van der Waals surface area contributed by atoms with Crippen molar-refractivity contribution in [1.82, 2.24) is 57.7 Å². The van der Waals surface area contributed by atoms with Gasteiger partial charge in [0.2, 0.25) is 65.0 Å². The van der Waals surface area contributed by atoms with E-state index in [1.807, 2.05) is 0 Å². The summed E-state index contributed by atoms with van der Waals surface area (Å²) in [6.45, 7) is 0.836. The average molecular weight is 1430 g/mol. The summed E-state index contributed by atoms with van der Waals surface area (Å²) < 4.78 is 34.0. The molecule has 20 N–H and O–H groups in total. The lowest BCUT2D eigenvalue weighted by molar-refractivity contribution is -0.139. The minimum absolute atomic E-state index is 0.0182. The molecule has 0 radical (unpaired) electrons. The Morgan fingerprint density at radius 2 is 1.37 bits per heavy atom. The highest BCUT2D eigenvalue weighted by molar-refractivity contribution is 8.54. The van der Waals surface area contributed by atoms with Crippen LogP contribution in [0, 0.1) is 5.92 Å². The second kappa shape index (κ2) is 41.0. The van der Waals surface area contributed by atoms with Crippen LogP contribution in [0.3, 0.4) is 0 Å². The van der Waals surface area contributed by atoms with Gasteiger partial charge < -0.3 is 98.7 Å². The molecule has 0 saturated carbocycles. The number of hydrogen-bond donors (Lipinski definition) is 18. The molecule has 0 aromatic heterocycles. The van der Waals surface area contributed by atoms with Crippen molar-refractivity contribution < 1.29 is 101 Å². The molecule has 1 aromatic carbocycles. The molecule has 0 spiro atoms. The Balaban J connectivity index is 1.52. The van der Waals surface area contributed by atoms with E-state index < -0.39 is 159 Å². The maximum absolute atomic E-state index is 14.1. The molecule has 3 rings (SSSR count). The first-order valence-electron chi connectivity index (χ1n) is 30.9. The number of likely N-dealkylation sites (tertiary alicyclic amines) is 2. The fourth-order valence-corrected chi connectivity index (χ4v) is 14.6. The first kappa shape index (κ1) is 82.8. The van der Waals surface area contributed by atoms with Crippen LogP contribution >= 0.6 is 45.1 Å². The van der Waals surface area contributed by atoms with Gasteiger partial charge >= 0.3 is 22.0 Å². The van der Waals surface area contributed by atoms with Crippen molar-refractivity contribution in [1.29, 1.82) is 0 Å². The van der Waals surface area contributed by atoms with Crippen LogP contribution in [0.5, 0.6) is 0 Å². The van der Waals surface area contributed by atoms with Crippen molar-refractivity contribution in [3.8, 4) is 0 Å². The van der Waals surface area contributed by atoms with Crippen molar-refractivity contribution in [3.05, 3.63) is 35.9 Å². The highest BCUT2D eigenvalue weighted by Gasteiger charge is 2.58. The number of aliphatic hydroxyl groups is 1. The van der Waals surface area contributed by atoms with E-state index in [9.17, 15) is 91.1 Å². The van der Waals surface area contributed by atoms with E-state index in [0.29, 0.717) is 81.4 Å². The Morgan fingerprint density at radius 3 is 2.02 bits per heavy atom. The van der Waals surface area contributed by atoms with Crippen LogP contribution in [0.1, 0.15) is 116 Å². The van der Waals surface area contributed by atoms with Crippen LogP contribution in [-0.2, 0) is 72.9 Å². The number of nitrogens with one attached hydrogen (secondary N) is 9. The Hall–Kier alpha value is -5.42. The van der Waals surface area contributed by atoms with Crippen LogP contribution in [0.2, 0.25) is 0 Å². The molecule has 39 heteroatoms. The van der Waals surface area contributed by atoms with Gasteiger partial charge in [-0.3, -0.25) is 66.8 Å². The zero-order valence-corrected chi connectivity index (χ0v) is 57.3. The number of rotatable bonds is 45. The molecule has 0 bridgehead atoms. The molecule has 34 nitrogen and oxygen atoms in total. The van der Waals surface area contributed by atoms with Gasteiger partial charge in [0.25, 0.3) is 5.08 Å². The van der Waals surface area contributed by atoms with Crippen LogP contribution in [-0.4, -0.2) is 226 Å². The van der Waals surface area contributed by atoms with Crippen LogP contribution in [0.4, 0.5) is 0 Å². The number of carbonyl (C=O) groups excluding carboxylic acids is 11. The Bertz CT molecular complexity index is 2850. The van der Waals surface area contributed by atoms with E-state index in [0.717, 1.165) is 16.7 Å². The Kier molecular flexibility index (Phi) is 36.1. The Morgan fingerprint density at radius 1 is 0.713 bits per heavy atom. The number of carbonyl (C=O) groups is 11. The monoisotopic (exact) mass is 1430 g/mol. The molecule has 1 unspecified atom stereocenters. The second-order valence-electron chi connectivity index (χ2n) is 22.8. The second-order valence-corrected chi connectivity index (χ2v) is 31.9.